The standard InChI is InChI=1S/C17H14Cl2O5/c18-13-5-6-16(14(19)7-13)23-10-17(22)24-9-15(21)12-3-1-11(8-20)2-4-12/h1-7,20H,8-10H2. The first kappa shape index (κ1) is 18.3. The van der Waals surface area contributed by atoms with E-state index in [1.165, 1.54) is 12.1 Å². The van der Waals surface area contributed by atoms with Crippen molar-refractivity contribution in [3.8, 4) is 5.75 Å². The van der Waals surface area contributed by atoms with E-state index in [-0.39, 0.29) is 24.0 Å². The zero-order valence-electron chi connectivity index (χ0n) is 12.5. The van der Waals surface area contributed by atoms with Gasteiger partial charge in [-0.2, -0.15) is 0 Å². The number of rotatable bonds is 7. The Morgan fingerprint density at radius 2 is 1.71 bits per heavy atom. The van der Waals surface area contributed by atoms with E-state index in [1.807, 2.05) is 0 Å². The fraction of sp³-hybridized carbons (Fsp3) is 0.176. The first-order chi connectivity index (χ1) is 11.5. The van der Waals surface area contributed by atoms with Gasteiger partial charge in [0.15, 0.2) is 19.0 Å². The Morgan fingerprint density at radius 1 is 1.00 bits per heavy atom. The third kappa shape index (κ3) is 5.23. The zero-order chi connectivity index (χ0) is 17.5. The Labute approximate surface area is 148 Å². The van der Waals surface area contributed by atoms with Crippen molar-refractivity contribution in [1.29, 1.82) is 0 Å². The fourth-order valence-corrected chi connectivity index (χ4v) is 2.26. The number of aliphatic hydroxyl groups excluding tert-OH is 1. The molecule has 0 bridgehead atoms. The molecule has 24 heavy (non-hydrogen) atoms. The monoisotopic (exact) mass is 368 g/mol. The third-order valence-corrected chi connectivity index (χ3v) is 3.59. The topological polar surface area (TPSA) is 72.8 Å². The Bertz CT molecular complexity index is 728. The van der Waals surface area contributed by atoms with Gasteiger partial charge in [-0.3, -0.25) is 4.79 Å². The lowest BCUT2D eigenvalue weighted by molar-refractivity contribution is -0.144. The lowest BCUT2D eigenvalue weighted by atomic mass is 10.1. The first-order valence-electron chi connectivity index (χ1n) is 6.96. The minimum Gasteiger partial charge on any atom is -0.480 e. The van der Waals surface area contributed by atoms with Crippen LogP contribution < -0.4 is 4.74 Å². The van der Waals surface area contributed by atoms with Crippen LogP contribution in [0.4, 0.5) is 0 Å². The molecule has 0 radical (unpaired) electrons. The number of aliphatic hydroxyl groups is 1. The maximum Gasteiger partial charge on any atom is 0.344 e. The molecule has 5 nitrogen and oxygen atoms in total. The molecule has 0 atom stereocenters. The van der Waals surface area contributed by atoms with Crippen molar-refractivity contribution in [3.63, 3.8) is 0 Å². The van der Waals surface area contributed by atoms with Crippen molar-refractivity contribution in [3.05, 3.63) is 63.6 Å². The summed E-state index contributed by atoms with van der Waals surface area (Å²) in [7, 11) is 0. The molecule has 2 rings (SSSR count). The highest BCUT2D eigenvalue weighted by Gasteiger charge is 2.11. The number of benzene rings is 2. The van der Waals surface area contributed by atoms with Gasteiger partial charge in [0.1, 0.15) is 5.75 Å². The van der Waals surface area contributed by atoms with E-state index in [9.17, 15) is 9.59 Å². The largest absolute Gasteiger partial charge is 0.480 e. The normalized spacial score (nSPS) is 10.3. The number of esters is 1. The van der Waals surface area contributed by atoms with Gasteiger partial charge in [-0.1, -0.05) is 47.5 Å². The molecule has 2 aromatic carbocycles. The van der Waals surface area contributed by atoms with Crippen LogP contribution in [0, 0.1) is 0 Å². The lowest BCUT2D eigenvalue weighted by Crippen LogP contribution is -2.19. The van der Waals surface area contributed by atoms with Crippen molar-refractivity contribution in [2.75, 3.05) is 13.2 Å². The van der Waals surface area contributed by atoms with Crippen molar-refractivity contribution >= 4 is 35.0 Å². The molecule has 0 unspecified atom stereocenters. The van der Waals surface area contributed by atoms with Crippen molar-refractivity contribution in [2.24, 2.45) is 0 Å². The van der Waals surface area contributed by atoms with E-state index >= 15 is 0 Å². The zero-order valence-corrected chi connectivity index (χ0v) is 14.0. The number of carbonyl (C=O) groups excluding carboxylic acids is 2. The van der Waals surface area contributed by atoms with Crippen LogP contribution in [0.25, 0.3) is 0 Å². The highest BCUT2D eigenvalue weighted by Crippen LogP contribution is 2.27. The molecule has 0 aliphatic rings. The first-order valence-corrected chi connectivity index (χ1v) is 7.71. The van der Waals surface area contributed by atoms with E-state index in [0.717, 1.165) is 0 Å². The van der Waals surface area contributed by atoms with E-state index in [0.29, 0.717) is 21.9 Å². The predicted molar refractivity (Wildman–Crippen MR) is 89.6 cm³/mol. The molecule has 0 spiro atoms. The molecule has 0 amide bonds. The molecule has 0 fully saturated rings. The molecule has 0 aliphatic carbocycles. The number of carbonyl (C=O) groups is 2. The average molecular weight is 369 g/mol. The molecule has 0 heterocycles. The molecular formula is C17H14Cl2O5. The number of Topliss-reactive ketones (excluding diaryl/α,β-unsaturated/α-hetero) is 1. The number of hydrogen-bond donors (Lipinski definition) is 1. The smallest absolute Gasteiger partial charge is 0.344 e. The van der Waals surface area contributed by atoms with Crippen LogP contribution in [0.3, 0.4) is 0 Å². The Morgan fingerprint density at radius 3 is 2.33 bits per heavy atom. The Hall–Kier alpha value is -2.08. The van der Waals surface area contributed by atoms with E-state index in [4.69, 9.17) is 37.8 Å². The van der Waals surface area contributed by atoms with Gasteiger partial charge in [0, 0.05) is 10.6 Å². The Kier molecular flexibility index (Phi) is 6.61. The maximum atomic E-state index is 11.9. The summed E-state index contributed by atoms with van der Waals surface area (Å²) in [6, 6.07) is 11.0. The molecule has 1 N–H and O–H groups in total. The van der Waals surface area contributed by atoms with Gasteiger partial charge in [0.2, 0.25) is 0 Å². The second kappa shape index (κ2) is 8.68. The van der Waals surface area contributed by atoms with Gasteiger partial charge in [-0.25, -0.2) is 4.79 Å². The molecular weight excluding hydrogens is 355 g/mol. The van der Waals surface area contributed by atoms with Crippen molar-refractivity contribution < 1.29 is 24.2 Å². The van der Waals surface area contributed by atoms with Crippen molar-refractivity contribution in [1.82, 2.24) is 0 Å². The van der Waals surface area contributed by atoms with Crippen LogP contribution in [-0.2, 0) is 16.1 Å². The van der Waals surface area contributed by atoms with Crippen molar-refractivity contribution in [2.45, 2.75) is 6.61 Å². The van der Waals surface area contributed by atoms with Crippen LogP contribution in [0.5, 0.6) is 5.75 Å². The summed E-state index contributed by atoms with van der Waals surface area (Å²) in [5.41, 5.74) is 1.08. The van der Waals surface area contributed by atoms with Gasteiger partial charge in [0.05, 0.1) is 11.6 Å². The lowest BCUT2D eigenvalue weighted by Gasteiger charge is -2.08. The average Bonchev–Trinajstić information content (AvgIpc) is 2.59. The molecule has 0 saturated carbocycles. The summed E-state index contributed by atoms with van der Waals surface area (Å²) in [4.78, 5) is 23.5. The maximum absolute atomic E-state index is 11.9. The number of halogens is 2. The van der Waals surface area contributed by atoms with Crippen LogP contribution >= 0.6 is 23.2 Å². The third-order valence-electron chi connectivity index (χ3n) is 3.06. The summed E-state index contributed by atoms with van der Waals surface area (Å²) in [6.45, 7) is -0.874. The summed E-state index contributed by atoms with van der Waals surface area (Å²) in [5, 5.41) is 9.67. The SMILES string of the molecule is O=C(COc1ccc(Cl)cc1Cl)OCC(=O)c1ccc(CO)cc1. The minimum absolute atomic E-state index is 0.103. The second-order valence-electron chi connectivity index (χ2n) is 4.80. The molecule has 126 valence electrons. The number of ketones is 1. The number of hydrogen-bond acceptors (Lipinski definition) is 5. The molecule has 0 aromatic heterocycles. The highest BCUT2D eigenvalue weighted by molar-refractivity contribution is 6.35. The van der Waals surface area contributed by atoms with E-state index < -0.39 is 12.6 Å². The van der Waals surface area contributed by atoms with Gasteiger partial charge in [-0.05, 0) is 23.8 Å². The van der Waals surface area contributed by atoms with E-state index in [2.05, 4.69) is 0 Å². The Balaban J connectivity index is 1.80. The highest BCUT2D eigenvalue weighted by atomic mass is 35.5. The second-order valence-corrected chi connectivity index (χ2v) is 5.65. The number of ether oxygens (including phenoxy) is 2. The predicted octanol–water partition coefficient (Wildman–Crippen LogP) is 3.29. The van der Waals surface area contributed by atoms with Crippen LogP contribution in [0.2, 0.25) is 10.0 Å². The van der Waals surface area contributed by atoms with Gasteiger partial charge < -0.3 is 14.6 Å². The molecule has 2 aromatic rings. The van der Waals surface area contributed by atoms with Gasteiger partial charge in [-0.15, -0.1) is 0 Å². The van der Waals surface area contributed by atoms with Crippen LogP contribution in [0.1, 0.15) is 15.9 Å². The van der Waals surface area contributed by atoms with Crippen LogP contribution in [0.15, 0.2) is 42.5 Å². The summed E-state index contributed by atoms with van der Waals surface area (Å²) >= 11 is 11.7. The quantitative estimate of drug-likeness (QED) is 0.599. The van der Waals surface area contributed by atoms with Gasteiger partial charge in [0.25, 0.3) is 0 Å². The fourth-order valence-electron chi connectivity index (χ4n) is 1.80. The molecule has 0 saturated heterocycles. The van der Waals surface area contributed by atoms with Crippen LogP contribution in [-0.4, -0.2) is 30.1 Å². The van der Waals surface area contributed by atoms with E-state index in [1.54, 1.807) is 30.3 Å². The minimum atomic E-state index is -0.693. The summed E-state index contributed by atoms with van der Waals surface area (Å²) in [5.74, 6) is -0.748. The summed E-state index contributed by atoms with van der Waals surface area (Å²) < 4.78 is 10.1. The molecule has 7 heteroatoms. The van der Waals surface area contributed by atoms with Gasteiger partial charge >= 0.3 is 5.97 Å². The summed E-state index contributed by atoms with van der Waals surface area (Å²) in [6.07, 6.45) is 0. The molecule has 0 aliphatic heterocycles.